The first-order chi connectivity index (χ1) is 10.7. The van der Waals surface area contributed by atoms with Crippen LogP contribution in [0.3, 0.4) is 0 Å². The number of rotatable bonds is 3. The summed E-state index contributed by atoms with van der Waals surface area (Å²) in [5.41, 5.74) is 0. The molecule has 3 rings (SSSR count). The highest BCUT2D eigenvalue weighted by Gasteiger charge is 2.29. The Bertz CT molecular complexity index is 395. The van der Waals surface area contributed by atoms with E-state index in [2.05, 4.69) is 10.6 Å². The fraction of sp³-hybridized carbons (Fsp3) is 0.875. The Kier molecular flexibility index (Phi) is 5.18. The Morgan fingerprint density at radius 2 is 1.55 bits per heavy atom. The number of ether oxygens (including phenoxy) is 1. The predicted octanol–water partition coefficient (Wildman–Crippen LogP) is 1.40. The molecular formula is C16H27N3O3. The molecule has 3 aliphatic rings. The van der Waals surface area contributed by atoms with E-state index in [4.69, 9.17) is 4.74 Å². The molecule has 3 fully saturated rings. The minimum absolute atomic E-state index is 0.0198. The van der Waals surface area contributed by atoms with Crippen LogP contribution in [0.15, 0.2) is 0 Å². The van der Waals surface area contributed by atoms with Crippen LogP contribution in [0, 0.1) is 0 Å². The van der Waals surface area contributed by atoms with Gasteiger partial charge in [-0.1, -0.05) is 12.8 Å². The van der Waals surface area contributed by atoms with Crippen LogP contribution < -0.4 is 10.6 Å². The number of hydrogen-bond donors (Lipinski definition) is 2. The second kappa shape index (κ2) is 7.31. The first kappa shape index (κ1) is 15.6. The first-order valence-electron chi connectivity index (χ1n) is 8.70. The highest BCUT2D eigenvalue weighted by atomic mass is 16.5. The summed E-state index contributed by atoms with van der Waals surface area (Å²) < 4.78 is 5.40. The summed E-state index contributed by atoms with van der Waals surface area (Å²) in [6.07, 6.45) is 7.87. The SMILES string of the molecule is O=C(NC1CCN(C(=O)NC2CCCC2)CC1)C1CCCO1. The van der Waals surface area contributed by atoms with Crippen LogP contribution in [0.25, 0.3) is 0 Å². The fourth-order valence-electron chi connectivity index (χ4n) is 3.64. The average Bonchev–Trinajstić information content (AvgIpc) is 3.21. The quantitative estimate of drug-likeness (QED) is 0.828. The van der Waals surface area contributed by atoms with E-state index < -0.39 is 0 Å². The molecule has 1 saturated carbocycles. The molecule has 0 bridgehead atoms. The van der Waals surface area contributed by atoms with E-state index in [1.54, 1.807) is 0 Å². The zero-order valence-electron chi connectivity index (χ0n) is 13.2. The van der Waals surface area contributed by atoms with Crippen molar-refractivity contribution in [2.45, 2.75) is 69.6 Å². The van der Waals surface area contributed by atoms with Crippen molar-refractivity contribution in [1.29, 1.82) is 0 Å². The van der Waals surface area contributed by atoms with Crippen molar-refractivity contribution in [3.63, 3.8) is 0 Å². The Hall–Kier alpha value is -1.30. The molecule has 3 amide bonds. The van der Waals surface area contributed by atoms with Gasteiger partial charge in [-0.15, -0.1) is 0 Å². The Balaban J connectivity index is 1.38. The zero-order chi connectivity index (χ0) is 15.4. The number of nitrogens with zero attached hydrogens (tertiary/aromatic N) is 1. The summed E-state index contributed by atoms with van der Waals surface area (Å²) >= 11 is 0. The summed E-state index contributed by atoms with van der Waals surface area (Å²) in [5, 5.41) is 6.20. The van der Waals surface area contributed by atoms with Gasteiger partial charge in [0, 0.05) is 31.8 Å². The second-order valence-corrected chi connectivity index (χ2v) is 6.70. The van der Waals surface area contributed by atoms with Gasteiger partial charge in [-0.3, -0.25) is 4.79 Å². The molecule has 0 spiro atoms. The zero-order valence-corrected chi connectivity index (χ0v) is 13.2. The number of urea groups is 1. The van der Waals surface area contributed by atoms with Gasteiger partial charge in [0.1, 0.15) is 6.10 Å². The minimum Gasteiger partial charge on any atom is -0.368 e. The van der Waals surface area contributed by atoms with Gasteiger partial charge >= 0.3 is 6.03 Å². The van der Waals surface area contributed by atoms with Crippen molar-refractivity contribution in [2.24, 2.45) is 0 Å². The number of amides is 3. The highest BCUT2D eigenvalue weighted by Crippen LogP contribution is 2.19. The van der Waals surface area contributed by atoms with Crippen molar-refractivity contribution in [1.82, 2.24) is 15.5 Å². The maximum Gasteiger partial charge on any atom is 0.317 e. The van der Waals surface area contributed by atoms with Crippen molar-refractivity contribution in [2.75, 3.05) is 19.7 Å². The number of carbonyl (C=O) groups is 2. The molecule has 1 aliphatic carbocycles. The molecule has 2 heterocycles. The Morgan fingerprint density at radius 3 is 2.18 bits per heavy atom. The van der Waals surface area contributed by atoms with Crippen LogP contribution in [-0.4, -0.2) is 54.7 Å². The topological polar surface area (TPSA) is 70.7 Å². The lowest BCUT2D eigenvalue weighted by Gasteiger charge is -2.33. The van der Waals surface area contributed by atoms with Gasteiger partial charge in [0.25, 0.3) is 0 Å². The molecule has 0 aromatic carbocycles. The normalized spacial score (nSPS) is 27.1. The molecule has 2 N–H and O–H groups in total. The third-order valence-electron chi connectivity index (χ3n) is 5.03. The summed E-state index contributed by atoms with van der Waals surface area (Å²) in [5.74, 6) is 0.0198. The molecule has 124 valence electrons. The molecule has 0 aromatic rings. The molecule has 0 radical (unpaired) electrons. The monoisotopic (exact) mass is 309 g/mol. The lowest BCUT2D eigenvalue weighted by atomic mass is 10.0. The van der Waals surface area contributed by atoms with E-state index in [0.29, 0.717) is 12.6 Å². The van der Waals surface area contributed by atoms with Crippen LogP contribution in [0.4, 0.5) is 4.79 Å². The number of hydrogen-bond acceptors (Lipinski definition) is 3. The first-order valence-corrected chi connectivity index (χ1v) is 8.70. The van der Waals surface area contributed by atoms with Crippen LogP contribution in [0.5, 0.6) is 0 Å². The van der Waals surface area contributed by atoms with Crippen molar-refractivity contribution in [3.8, 4) is 0 Å². The smallest absolute Gasteiger partial charge is 0.317 e. The summed E-state index contributed by atoms with van der Waals surface area (Å²) in [7, 11) is 0. The third kappa shape index (κ3) is 3.91. The summed E-state index contributed by atoms with van der Waals surface area (Å²) in [6.45, 7) is 2.13. The molecule has 1 atom stereocenters. The molecule has 6 heteroatoms. The standard InChI is InChI=1S/C16H27N3O3/c20-15(14-6-3-11-22-14)17-13-7-9-19(10-8-13)16(21)18-12-4-1-2-5-12/h12-14H,1-11H2,(H,17,20)(H,18,21). The number of likely N-dealkylation sites (tertiary alicyclic amines) is 1. The molecule has 1 unspecified atom stereocenters. The van der Waals surface area contributed by atoms with Gasteiger partial charge in [0.15, 0.2) is 0 Å². The molecular weight excluding hydrogens is 282 g/mol. The van der Waals surface area contributed by atoms with Crippen molar-refractivity contribution < 1.29 is 14.3 Å². The maximum absolute atomic E-state index is 12.2. The van der Waals surface area contributed by atoms with Crippen molar-refractivity contribution in [3.05, 3.63) is 0 Å². The number of nitrogens with one attached hydrogen (secondary N) is 2. The third-order valence-corrected chi connectivity index (χ3v) is 5.03. The van der Waals surface area contributed by atoms with E-state index in [-0.39, 0.29) is 24.1 Å². The lowest BCUT2D eigenvalue weighted by Crippen LogP contribution is -2.52. The highest BCUT2D eigenvalue weighted by molar-refractivity contribution is 5.81. The number of piperidine rings is 1. The van der Waals surface area contributed by atoms with E-state index in [9.17, 15) is 9.59 Å². The summed E-state index contributed by atoms with van der Waals surface area (Å²) in [6, 6.07) is 0.604. The minimum atomic E-state index is -0.260. The summed E-state index contributed by atoms with van der Waals surface area (Å²) in [4.78, 5) is 26.1. The predicted molar refractivity (Wildman–Crippen MR) is 82.5 cm³/mol. The van der Waals surface area contributed by atoms with Gasteiger partial charge in [-0.2, -0.15) is 0 Å². The number of carbonyl (C=O) groups excluding carboxylic acids is 2. The molecule has 22 heavy (non-hydrogen) atoms. The molecule has 2 saturated heterocycles. The fourth-order valence-corrected chi connectivity index (χ4v) is 3.64. The van der Waals surface area contributed by atoms with Crippen LogP contribution in [0.1, 0.15) is 51.4 Å². The molecule has 6 nitrogen and oxygen atoms in total. The Labute approximate surface area is 131 Å². The van der Waals surface area contributed by atoms with Gasteiger partial charge in [0.05, 0.1) is 0 Å². The maximum atomic E-state index is 12.2. The van der Waals surface area contributed by atoms with Crippen LogP contribution >= 0.6 is 0 Å². The molecule has 0 aromatic heterocycles. The largest absolute Gasteiger partial charge is 0.368 e. The van der Waals surface area contributed by atoms with E-state index in [0.717, 1.165) is 51.6 Å². The van der Waals surface area contributed by atoms with Gasteiger partial charge in [-0.05, 0) is 38.5 Å². The van der Waals surface area contributed by atoms with E-state index >= 15 is 0 Å². The lowest BCUT2D eigenvalue weighted by molar-refractivity contribution is -0.131. The average molecular weight is 309 g/mol. The van der Waals surface area contributed by atoms with Gasteiger partial charge in [0.2, 0.25) is 5.91 Å². The van der Waals surface area contributed by atoms with E-state index in [1.165, 1.54) is 12.8 Å². The van der Waals surface area contributed by atoms with Crippen molar-refractivity contribution >= 4 is 11.9 Å². The Morgan fingerprint density at radius 1 is 0.864 bits per heavy atom. The van der Waals surface area contributed by atoms with E-state index in [1.807, 2.05) is 4.90 Å². The molecule has 2 aliphatic heterocycles. The van der Waals surface area contributed by atoms with Crippen LogP contribution in [0.2, 0.25) is 0 Å². The second-order valence-electron chi connectivity index (χ2n) is 6.70. The van der Waals surface area contributed by atoms with Gasteiger partial charge in [-0.25, -0.2) is 4.79 Å². The van der Waals surface area contributed by atoms with Crippen LogP contribution in [-0.2, 0) is 9.53 Å². The van der Waals surface area contributed by atoms with Gasteiger partial charge < -0.3 is 20.3 Å².